The van der Waals surface area contributed by atoms with Crippen LogP contribution in [0.4, 0.5) is 5.69 Å². The van der Waals surface area contributed by atoms with Gasteiger partial charge in [-0.05, 0) is 25.0 Å². The SMILES string of the molecule is Nc1ccccc1SCc1noc(C2CC2)n1. The highest BCUT2D eigenvalue weighted by Gasteiger charge is 2.29. The Hall–Kier alpha value is -1.49. The number of benzene rings is 1. The van der Waals surface area contributed by atoms with Gasteiger partial charge in [0, 0.05) is 16.5 Å². The fourth-order valence-electron chi connectivity index (χ4n) is 1.58. The molecular weight excluding hydrogens is 234 g/mol. The molecule has 0 spiro atoms. The monoisotopic (exact) mass is 247 g/mol. The molecule has 1 aliphatic carbocycles. The molecule has 0 atom stereocenters. The zero-order valence-electron chi connectivity index (χ0n) is 9.30. The molecule has 4 nitrogen and oxygen atoms in total. The van der Waals surface area contributed by atoms with Crippen molar-refractivity contribution in [3.05, 3.63) is 36.0 Å². The molecule has 17 heavy (non-hydrogen) atoms. The third kappa shape index (κ3) is 2.44. The highest BCUT2D eigenvalue weighted by molar-refractivity contribution is 7.98. The van der Waals surface area contributed by atoms with Crippen LogP contribution in [0.25, 0.3) is 0 Å². The Morgan fingerprint density at radius 2 is 2.18 bits per heavy atom. The molecule has 1 aromatic heterocycles. The lowest BCUT2D eigenvalue weighted by Crippen LogP contribution is -1.89. The normalized spacial score (nSPS) is 15.1. The van der Waals surface area contributed by atoms with Crippen molar-refractivity contribution < 1.29 is 4.52 Å². The van der Waals surface area contributed by atoms with E-state index in [1.807, 2.05) is 24.3 Å². The van der Waals surface area contributed by atoms with E-state index in [9.17, 15) is 0 Å². The van der Waals surface area contributed by atoms with Gasteiger partial charge < -0.3 is 10.3 Å². The molecular formula is C12H13N3OS. The number of hydrogen-bond acceptors (Lipinski definition) is 5. The van der Waals surface area contributed by atoms with Crippen molar-refractivity contribution in [1.82, 2.24) is 10.1 Å². The molecule has 2 aromatic rings. The summed E-state index contributed by atoms with van der Waals surface area (Å²) in [6.07, 6.45) is 2.36. The highest BCUT2D eigenvalue weighted by Crippen LogP contribution is 2.39. The Morgan fingerprint density at radius 1 is 1.35 bits per heavy atom. The molecule has 0 aliphatic heterocycles. The van der Waals surface area contributed by atoms with Gasteiger partial charge in [-0.3, -0.25) is 0 Å². The van der Waals surface area contributed by atoms with Crippen LogP contribution in [0.3, 0.4) is 0 Å². The Bertz CT molecular complexity index is 522. The summed E-state index contributed by atoms with van der Waals surface area (Å²) in [5, 5.41) is 3.97. The molecule has 1 aromatic carbocycles. The number of aromatic nitrogens is 2. The number of para-hydroxylation sites is 1. The van der Waals surface area contributed by atoms with Gasteiger partial charge in [0.05, 0.1) is 5.75 Å². The summed E-state index contributed by atoms with van der Waals surface area (Å²) < 4.78 is 5.20. The second-order valence-electron chi connectivity index (χ2n) is 4.15. The molecule has 3 rings (SSSR count). The third-order valence-corrected chi connectivity index (χ3v) is 3.77. The summed E-state index contributed by atoms with van der Waals surface area (Å²) in [4.78, 5) is 5.44. The minimum Gasteiger partial charge on any atom is -0.398 e. The van der Waals surface area contributed by atoms with E-state index >= 15 is 0 Å². The number of anilines is 1. The van der Waals surface area contributed by atoms with Crippen LogP contribution in [-0.2, 0) is 5.75 Å². The van der Waals surface area contributed by atoms with E-state index < -0.39 is 0 Å². The topological polar surface area (TPSA) is 64.9 Å². The molecule has 2 N–H and O–H groups in total. The Kier molecular flexibility index (Phi) is 2.76. The lowest BCUT2D eigenvalue weighted by atomic mass is 10.3. The average molecular weight is 247 g/mol. The maximum atomic E-state index is 5.86. The average Bonchev–Trinajstić information content (AvgIpc) is 3.08. The maximum absolute atomic E-state index is 5.86. The number of nitrogen functional groups attached to an aromatic ring is 1. The Labute approximate surface area is 104 Å². The predicted octanol–water partition coefficient (Wildman–Crippen LogP) is 2.82. The molecule has 88 valence electrons. The van der Waals surface area contributed by atoms with Crippen molar-refractivity contribution in [2.24, 2.45) is 0 Å². The molecule has 1 fully saturated rings. The fraction of sp³-hybridized carbons (Fsp3) is 0.333. The molecule has 5 heteroatoms. The van der Waals surface area contributed by atoms with Gasteiger partial charge in [-0.15, -0.1) is 11.8 Å². The molecule has 0 amide bonds. The summed E-state index contributed by atoms with van der Waals surface area (Å²) >= 11 is 1.64. The van der Waals surface area contributed by atoms with Crippen LogP contribution in [0.15, 0.2) is 33.7 Å². The Morgan fingerprint density at radius 3 is 2.94 bits per heavy atom. The van der Waals surface area contributed by atoms with E-state index in [0.29, 0.717) is 11.7 Å². The predicted molar refractivity (Wildman–Crippen MR) is 66.7 cm³/mol. The second-order valence-corrected chi connectivity index (χ2v) is 5.17. The molecule has 0 unspecified atom stereocenters. The number of nitrogens with two attached hydrogens (primary N) is 1. The largest absolute Gasteiger partial charge is 0.398 e. The minimum absolute atomic E-state index is 0.517. The summed E-state index contributed by atoms with van der Waals surface area (Å²) in [6.45, 7) is 0. The zero-order chi connectivity index (χ0) is 11.7. The van der Waals surface area contributed by atoms with Crippen LogP contribution in [-0.4, -0.2) is 10.1 Å². The van der Waals surface area contributed by atoms with E-state index in [0.717, 1.165) is 22.3 Å². The van der Waals surface area contributed by atoms with Crippen LogP contribution in [0.5, 0.6) is 0 Å². The first-order valence-electron chi connectivity index (χ1n) is 5.63. The summed E-state index contributed by atoms with van der Waals surface area (Å²) in [5.74, 6) is 2.76. The van der Waals surface area contributed by atoms with Crippen LogP contribution in [0.1, 0.15) is 30.5 Å². The zero-order valence-corrected chi connectivity index (χ0v) is 10.1. The van der Waals surface area contributed by atoms with Gasteiger partial charge >= 0.3 is 0 Å². The first-order chi connectivity index (χ1) is 8.33. The van der Waals surface area contributed by atoms with Crippen LogP contribution in [0.2, 0.25) is 0 Å². The van der Waals surface area contributed by atoms with Crippen molar-refractivity contribution in [2.45, 2.75) is 29.4 Å². The smallest absolute Gasteiger partial charge is 0.229 e. The first kappa shape index (κ1) is 10.7. The highest BCUT2D eigenvalue weighted by atomic mass is 32.2. The lowest BCUT2D eigenvalue weighted by Gasteiger charge is -2.01. The van der Waals surface area contributed by atoms with E-state index in [1.165, 1.54) is 12.8 Å². The molecule has 1 heterocycles. The van der Waals surface area contributed by atoms with Crippen molar-refractivity contribution in [1.29, 1.82) is 0 Å². The molecule has 0 bridgehead atoms. The van der Waals surface area contributed by atoms with Gasteiger partial charge in [0.25, 0.3) is 0 Å². The lowest BCUT2D eigenvalue weighted by molar-refractivity contribution is 0.375. The maximum Gasteiger partial charge on any atom is 0.229 e. The van der Waals surface area contributed by atoms with Crippen LogP contribution < -0.4 is 5.73 Å². The molecule has 0 saturated heterocycles. The van der Waals surface area contributed by atoms with Gasteiger partial charge in [-0.25, -0.2) is 0 Å². The first-order valence-corrected chi connectivity index (χ1v) is 6.61. The molecule has 1 saturated carbocycles. The quantitative estimate of drug-likeness (QED) is 0.664. The molecule has 1 aliphatic rings. The minimum atomic E-state index is 0.517. The van der Waals surface area contributed by atoms with E-state index in [4.69, 9.17) is 10.3 Å². The third-order valence-electron chi connectivity index (χ3n) is 2.69. The molecule has 0 radical (unpaired) electrons. The van der Waals surface area contributed by atoms with E-state index in [2.05, 4.69) is 10.1 Å². The Balaban J connectivity index is 1.65. The van der Waals surface area contributed by atoms with Crippen molar-refractivity contribution in [3.8, 4) is 0 Å². The van der Waals surface area contributed by atoms with E-state index in [1.54, 1.807) is 11.8 Å². The summed E-state index contributed by atoms with van der Waals surface area (Å²) in [5.41, 5.74) is 6.66. The fourth-order valence-corrected chi connectivity index (χ4v) is 2.39. The number of hydrogen-bond donors (Lipinski definition) is 1. The number of rotatable bonds is 4. The van der Waals surface area contributed by atoms with Gasteiger partial charge in [0.2, 0.25) is 5.89 Å². The van der Waals surface area contributed by atoms with E-state index in [-0.39, 0.29) is 0 Å². The number of thioether (sulfide) groups is 1. The van der Waals surface area contributed by atoms with Crippen molar-refractivity contribution >= 4 is 17.4 Å². The van der Waals surface area contributed by atoms with Crippen molar-refractivity contribution in [3.63, 3.8) is 0 Å². The van der Waals surface area contributed by atoms with Crippen molar-refractivity contribution in [2.75, 3.05) is 5.73 Å². The van der Waals surface area contributed by atoms with Gasteiger partial charge in [0.15, 0.2) is 5.82 Å². The second kappa shape index (κ2) is 4.41. The van der Waals surface area contributed by atoms with Gasteiger partial charge in [-0.1, -0.05) is 17.3 Å². The van der Waals surface area contributed by atoms with Crippen LogP contribution in [0, 0.1) is 0 Å². The summed E-state index contributed by atoms with van der Waals surface area (Å²) in [6, 6.07) is 7.81. The summed E-state index contributed by atoms with van der Waals surface area (Å²) in [7, 11) is 0. The van der Waals surface area contributed by atoms with Gasteiger partial charge in [-0.2, -0.15) is 4.98 Å². The van der Waals surface area contributed by atoms with Gasteiger partial charge in [0.1, 0.15) is 0 Å². The van der Waals surface area contributed by atoms with Crippen LogP contribution >= 0.6 is 11.8 Å². The number of nitrogens with zero attached hydrogens (tertiary/aromatic N) is 2. The standard InChI is InChI=1S/C12H13N3OS/c13-9-3-1-2-4-10(9)17-7-11-14-12(16-15-11)8-5-6-8/h1-4,8H,5-7,13H2.